The Balaban J connectivity index is 3.12. The van der Waals surface area contributed by atoms with Crippen molar-refractivity contribution in [3.63, 3.8) is 0 Å². The van der Waals surface area contributed by atoms with Gasteiger partial charge in [-0.1, -0.05) is 0 Å². The summed E-state index contributed by atoms with van der Waals surface area (Å²) in [4.78, 5) is 14.9. The molecule has 1 rings (SSSR count). The number of nitrogens with zero attached hydrogens (tertiary/aromatic N) is 1. The van der Waals surface area contributed by atoms with Crippen LogP contribution in [0, 0.1) is 13.8 Å². The molecule has 1 atom stereocenters. The number of ether oxygens (including phenoxy) is 1. The molecule has 4 nitrogen and oxygen atoms in total. The summed E-state index contributed by atoms with van der Waals surface area (Å²) < 4.78 is 5.25. The molecule has 1 heterocycles. The topological polar surface area (TPSA) is 59.4 Å². The number of carbonyl (C=O) groups excluding carboxylic acids is 1. The van der Waals surface area contributed by atoms with E-state index in [1.54, 1.807) is 13.3 Å². The number of aryl methyl sites for hydroxylation is 1. The summed E-state index contributed by atoms with van der Waals surface area (Å²) in [5.41, 5.74) is 1.11. The van der Waals surface area contributed by atoms with Crippen LogP contribution in [0.2, 0.25) is 0 Å². The van der Waals surface area contributed by atoms with Crippen molar-refractivity contribution in [2.24, 2.45) is 0 Å². The van der Waals surface area contributed by atoms with Crippen LogP contribution < -0.4 is 4.74 Å². The minimum absolute atomic E-state index is 0.193. The van der Waals surface area contributed by atoms with Crippen molar-refractivity contribution in [1.29, 1.82) is 0 Å². The summed E-state index contributed by atoms with van der Waals surface area (Å²) in [5.74, 6) is 0.756. The Morgan fingerprint density at radius 2 is 2.19 bits per heavy atom. The van der Waals surface area contributed by atoms with Crippen LogP contribution in [0.5, 0.6) is 5.75 Å². The van der Waals surface area contributed by atoms with Crippen LogP contribution >= 0.6 is 0 Å². The lowest BCUT2D eigenvalue weighted by Gasteiger charge is -2.18. The third-order valence-corrected chi connectivity index (χ3v) is 2.53. The predicted octanol–water partition coefficient (Wildman–Crippen LogP) is 1.20. The molecule has 0 bridgehead atoms. The maximum Gasteiger partial charge on any atom is 0.151 e. The van der Waals surface area contributed by atoms with Crippen molar-refractivity contribution < 1.29 is 14.6 Å². The maximum atomic E-state index is 10.7. The standard InChI is InChI=1S/C12H17NO3/c1-8-6-13-10(5-12(3,15)7-14)9(2)11(8)16-4/h6-7,15H,5H2,1-4H3. The highest BCUT2D eigenvalue weighted by molar-refractivity contribution is 5.62. The number of hydrogen-bond acceptors (Lipinski definition) is 4. The molecule has 4 heteroatoms. The minimum Gasteiger partial charge on any atom is -0.496 e. The van der Waals surface area contributed by atoms with Crippen molar-refractivity contribution >= 4 is 6.29 Å². The second-order valence-corrected chi connectivity index (χ2v) is 4.20. The molecular formula is C12H17NO3. The summed E-state index contributed by atoms with van der Waals surface area (Å²) in [7, 11) is 1.59. The molecule has 0 aliphatic rings. The van der Waals surface area contributed by atoms with Gasteiger partial charge in [0.25, 0.3) is 0 Å². The smallest absolute Gasteiger partial charge is 0.151 e. The quantitative estimate of drug-likeness (QED) is 0.779. The Morgan fingerprint density at radius 3 is 2.69 bits per heavy atom. The summed E-state index contributed by atoms with van der Waals surface area (Å²) in [6.07, 6.45) is 2.40. The first-order chi connectivity index (χ1) is 7.41. The lowest BCUT2D eigenvalue weighted by Crippen LogP contribution is -2.29. The van der Waals surface area contributed by atoms with E-state index in [9.17, 15) is 9.90 Å². The third-order valence-electron chi connectivity index (χ3n) is 2.53. The zero-order valence-electron chi connectivity index (χ0n) is 10.1. The Morgan fingerprint density at radius 1 is 1.56 bits per heavy atom. The lowest BCUT2D eigenvalue weighted by molar-refractivity contribution is -0.122. The highest BCUT2D eigenvalue weighted by atomic mass is 16.5. The molecule has 1 N–H and O–H groups in total. The van der Waals surface area contributed by atoms with E-state index in [2.05, 4.69) is 4.98 Å². The third kappa shape index (κ3) is 2.58. The Bertz CT molecular complexity index is 399. The largest absolute Gasteiger partial charge is 0.496 e. The Hall–Kier alpha value is -1.42. The highest BCUT2D eigenvalue weighted by Crippen LogP contribution is 2.25. The van der Waals surface area contributed by atoms with E-state index >= 15 is 0 Å². The van der Waals surface area contributed by atoms with Gasteiger partial charge in [-0.25, -0.2) is 0 Å². The molecular weight excluding hydrogens is 206 g/mol. The number of carbonyl (C=O) groups is 1. The molecule has 1 unspecified atom stereocenters. The summed E-state index contributed by atoms with van der Waals surface area (Å²) >= 11 is 0. The van der Waals surface area contributed by atoms with Crippen LogP contribution in [-0.2, 0) is 11.2 Å². The van der Waals surface area contributed by atoms with Gasteiger partial charge in [-0.15, -0.1) is 0 Å². The fourth-order valence-electron chi connectivity index (χ4n) is 1.63. The van der Waals surface area contributed by atoms with Gasteiger partial charge in [-0.2, -0.15) is 0 Å². The van der Waals surface area contributed by atoms with Crippen LogP contribution in [0.3, 0.4) is 0 Å². The Kier molecular flexibility index (Phi) is 3.65. The van der Waals surface area contributed by atoms with E-state index in [1.807, 2.05) is 13.8 Å². The number of aliphatic hydroxyl groups is 1. The molecule has 1 aromatic rings. The average Bonchev–Trinajstić information content (AvgIpc) is 2.23. The van der Waals surface area contributed by atoms with Crippen LogP contribution in [0.4, 0.5) is 0 Å². The molecule has 16 heavy (non-hydrogen) atoms. The highest BCUT2D eigenvalue weighted by Gasteiger charge is 2.22. The van der Waals surface area contributed by atoms with Gasteiger partial charge in [0.05, 0.1) is 12.8 Å². The maximum absolute atomic E-state index is 10.7. The number of methoxy groups -OCH3 is 1. The fraction of sp³-hybridized carbons (Fsp3) is 0.500. The number of aromatic nitrogens is 1. The minimum atomic E-state index is -1.38. The molecule has 0 aliphatic carbocycles. The van der Waals surface area contributed by atoms with E-state index in [0.29, 0.717) is 12.0 Å². The van der Waals surface area contributed by atoms with Crippen molar-refractivity contribution in [2.75, 3.05) is 7.11 Å². The van der Waals surface area contributed by atoms with Crippen LogP contribution in [0.25, 0.3) is 0 Å². The second kappa shape index (κ2) is 4.61. The van der Waals surface area contributed by atoms with E-state index in [1.165, 1.54) is 6.92 Å². The molecule has 0 amide bonds. The SMILES string of the molecule is COc1c(C)cnc(CC(C)(O)C=O)c1C. The molecule has 0 radical (unpaired) electrons. The van der Waals surface area contributed by atoms with Crippen LogP contribution in [-0.4, -0.2) is 29.1 Å². The van der Waals surface area contributed by atoms with Crippen molar-refractivity contribution in [3.05, 3.63) is 23.0 Å². The zero-order valence-corrected chi connectivity index (χ0v) is 10.1. The summed E-state index contributed by atoms with van der Waals surface area (Å²) in [6, 6.07) is 0. The molecule has 1 aromatic heterocycles. The van der Waals surface area contributed by atoms with Gasteiger partial charge in [0, 0.05) is 23.7 Å². The first-order valence-electron chi connectivity index (χ1n) is 5.09. The number of rotatable bonds is 4. The van der Waals surface area contributed by atoms with E-state index in [4.69, 9.17) is 4.74 Å². The first kappa shape index (κ1) is 12.6. The molecule has 0 saturated carbocycles. The number of hydrogen-bond donors (Lipinski definition) is 1. The Labute approximate surface area is 95.3 Å². The molecule has 0 saturated heterocycles. The zero-order chi connectivity index (χ0) is 12.3. The van der Waals surface area contributed by atoms with Gasteiger partial charge in [0.2, 0.25) is 0 Å². The number of pyridine rings is 1. The van der Waals surface area contributed by atoms with Gasteiger partial charge >= 0.3 is 0 Å². The van der Waals surface area contributed by atoms with E-state index in [-0.39, 0.29) is 6.42 Å². The molecule has 0 spiro atoms. The monoisotopic (exact) mass is 223 g/mol. The van der Waals surface area contributed by atoms with Gasteiger partial charge < -0.3 is 14.6 Å². The van der Waals surface area contributed by atoms with Gasteiger partial charge in [0.1, 0.15) is 11.4 Å². The van der Waals surface area contributed by atoms with Crippen molar-refractivity contribution in [2.45, 2.75) is 32.8 Å². The second-order valence-electron chi connectivity index (χ2n) is 4.20. The molecule has 0 aliphatic heterocycles. The first-order valence-corrected chi connectivity index (χ1v) is 5.09. The summed E-state index contributed by atoms with van der Waals surface area (Å²) in [6.45, 7) is 5.24. The van der Waals surface area contributed by atoms with Gasteiger partial charge in [-0.05, 0) is 20.8 Å². The molecule has 0 aromatic carbocycles. The van der Waals surface area contributed by atoms with Crippen molar-refractivity contribution in [3.8, 4) is 5.75 Å². The molecule has 88 valence electrons. The molecule has 0 fully saturated rings. The van der Waals surface area contributed by atoms with Crippen LogP contribution in [0.15, 0.2) is 6.20 Å². The number of aldehydes is 1. The fourth-order valence-corrected chi connectivity index (χ4v) is 1.63. The normalized spacial score (nSPS) is 14.3. The summed E-state index contributed by atoms with van der Waals surface area (Å²) in [5, 5.41) is 9.69. The van der Waals surface area contributed by atoms with E-state index in [0.717, 1.165) is 16.9 Å². The van der Waals surface area contributed by atoms with E-state index < -0.39 is 5.60 Å². The predicted molar refractivity (Wildman–Crippen MR) is 60.7 cm³/mol. The van der Waals surface area contributed by atoms with Gasteiger partial charge in [-0.3, -0.25) is 4.98 Å². The average molecular weight is 223 g/mol. The van der Waals surface area contributed by atoms with Gasteiger partial charge in [0.15, 0.2) is 6.29 Å². The lowest BCUT2D eigenvalue weighted by atomic mass is 9.98. The van der Waals surface area contributed by atoms with Crippen LogP contribution in [0.1, 0.15) is 23.7 Å². The van der Waals surface area contributed by atoms with Crippen molar-refractivity contribution in [1.82, 2.24) is 4.98 Å².